The van der Waals surface area contributed by atoms with Crippen molar-refractivity contribution in [3.63, 3.8) is 0 Å². The fraction of sp³-hybridized carbons (Fsp3) is 0.300. The first-order valence-electron chi connectivity index (χ1n) is 8.75. The highest BCUT2D eigenvalue weighted by Crippen LogP contribution is 2.27. The number of halogens is 2. The van der Waals surface area contributed by atoms with Gasteiger partial charge in [-0.15, -0.1) is 0 Å². The lowest BCUT2D eigenvalue weighted by molar-refractivity contribution is -0.0503. The Bertz CT molecular complexity index is 1000. The molecule has 0 N–H and O–H groups in total. The first-order chi connectivity index (χ1) is 13.1. The van der Waals surface area contributed by atoms with Crippen LogP contribution in [0.3, 0.4) is 0 Å². The molecule has 0 unspecified atom stereocenters. The molecule has 2 aromatic heterocycles. The molecular weight excluding hydrogens is 368 g/mol. The van der Waals surface area contributed by atoms with Crippen molar-refractivity contribution < 1.29 is 13.5 Å². The number of imidazole rings is 1. The quantitative estimate of drug-likeness (QED) is 0.633. The summed E-state index contributed by atoms with van der Waals surface area (Å²) in [5.41, 5.74) is 5.45. The Hall–Kier alpha value is -2.41. The van der Waals surface area contributed by atoms with Crippen LogP contribution < -0.4 is 4.74 Å². The molecule has 4 nitrogen and oxygen atoms in total. The average Bonchev–Trinajstić information content (AvgIpc) is 2.98. The van der Waals surface area contributed by atoms with Crippen LogP contribution in [0.2, 0.25) is 0 Å². The van der Waals surface area contributed by atoms with E-state index in [0.717, 1.165) is 40.7 Å². The second-order valence-corrected chi connectivity index (χ2v) is 7.51. The van der Waals surface area contributed by atoms with E-state index < -0.39 is 6.61 Å². The highest BCUT2D eigenvalue weighted by molar-refractivity contribution is 7.99. The summed E-state index contributed by atoms with van der Waals surface area (Å²) in [6, 6.07) is 6.89. The maximum absolute atomic E-state index is 12.7. The molecule has 0 saturated heterocycles. The number of rotatable bonds is 5. The molecule has 140 valence electrons. The Kier molecular flexibility index (Phi) is 5.11. The van der Waals surface area contributed by atoms with Crippen LogP contribution in [0.15, 0.2) is 42.7 Å². The fourth-order valence-electron chi connectivity index (χ4n) is 3.30. The SMILES string of the molecule is Cc1nc2cnc(C3=CCSCC3)cn2c1Cc1ccccc1OC(F)F. The van der Waals surface area contributed by atoms with Gasteiger partial charge in [0, 0.05) is 23.9 Å². The molecular formula is C20H19F2N3OS. The van der Waals surface area contributed by atoms with Crippen LogP contribution in [0.25, 0.3) is 11.2 Å². The molecule has 3 heterocycles. The Morgan fingerprint density at radius 1 is 1.30 bits per heavy atom. The molecule has 0 saturated carbocycles. The van der Waals surface area contributed by atoms with Crippen molar-refractivity contribution in [1.29, 1.82) is 0 Å². The lowest BCUT2D eigenvalue weighted by atomic mass is 10.1. The molecule has 0 radical (unpaired) electrons. The van der Waals surface area contributed by atoms with E-state index >= 15 is 0 Å². The summed E-state index contributed by atoms with van der Waals surface area (Å²) in [6.45, 7) is -0.920. The van der Waals surface area contributed by atoms with Crippen LogP contribution in [0.4, 0.5) is 8.78 Å². The summed E-state index contributed by atoms with van der Waals surface area (Å²) in [4.78, 5) is 9.14. The van der Waals surface area contributed by atoms with Crippen molar-refractivity contribution in [2.75, 3.05) is 11.5 Å². The number of thioether (sulfide) groups is 1. The van der Waals surface area contributed by atoms with E-state index in [1.165, 1.54) is 5.57 Å². The summed E-state index contributed by atoms with van der Waals surface area (Å²) < 4.78 is 32.1. The lowest BCUT2D eigenvalue weighted by Gasteiger charge is -2.13. The van der Waals surface area contributed by atoms with Crippen LogP contribution in [0.1, 0.15) is 29.1 Å². The number of ether oxygens (including phenoxy) is 1. The number of fused-ring (bicyclic) bond motifs is 1. The molecule has 4 rings (SSSR count). The van der Waals surface area contributed by atoms with Gasteiger partial charge in [0.2, 0.25) is 0 Å². The molecule has 0 fully saturated rings. The summed E-state index contributed by atoms with van der Waals surface area (Å²) in [6.07, 6.45) is 7.45. The zero-order valence-corrected chi connectivity index (χ0v) is 15.7. The summed E-state index contributed by atoms with van der Waals surface area (Å²) in [7, 11) is 0. The summed E-state index contributed by atoms with van der Waals surface area (Å²) in [5, 5.41) is 0. The number of hydrogen-bond acceptors (Lipinski definition) is 4. The molecule has 7 heteroatoms. The molecule has 0 atom stereocenters. The Balaban J connectivity index is 1.73. The maximum Gasteiger partial charge on any atom is 0.387 e. The summed E-state index contributed by atoms with van der Waals surface area (Å²) in [5.74, 6) is 2.30. The Labute approximate surface area is 160 Å². The predicted octanol–water partition coefficient (Wildman–Crippen LogP) is 4.75. The van der Waals surface area contributed by atoms with Crippen LogP contribution in [0, 0.1) is 6.92 Å². The third-order valence-electron chi connectivity index (χ3n) is 4.65. The molecule has 1 aliphatic rings. The third-order valence-corrected chi connectivity index (χ3v) is 5.54. The number of aryl methyl sites for hydroxylation is 1. The zero-order chi connectivity index (χ0) is 18.8. The average molecular weight is 387 g/mol. The molecule has 3 aromatic rings. The second-order valence-electron chi connectivity index (χ2n) is 6.36. The minimum absolute atomic E-state index is 0.197. The molecule has 1 aliphatic heterocycles. The predicted molar refractivity (Wildman–Crippen MR) is 104 cm³/mol. The van der Waals surface area contributed by atoms with Gasteiger partial charge in [-0.25, -0.2) is 4.98 Å². The van der Waals surface area contributed by atoms with Crippen molar-refractivity contribution in [3.8, 4) is 5.75 Å². The molecule has 0 spiro atoms. The van der Waals surface area contributed by atoms with Crippen molar-refractivity contribution in [1.82, 2.24) is 14.4 Å². The molecule has 1 aromatic carbocycles. The lowest BCUT2D eigenvalue weighted by Crippen LogP contribution is -2.06. The van der Waals surface area contributed by atoms with Gasteiger partial charge in [-0.2, -0.15) is 20.5 Å². The van der Waals surface area contributed by atoms with E-state index in [1.54, 1.807) is 24.4 Å². The van der Waals surface area contributed by atoms with Gasteiger partial charge in [0.05, 0.1) is 23.3 Å². The topological polar surface area (TPSA) is 39.4 Å². The Morgan fingerprint density at radius 2 is 2.15 bits per heavy atom. The van der Waals surface area contributed by atoms with Gasteiger partial charge in [0.1, 0.15) is 5.75 Å². The van der Waals surface area contributed by atoms with Gasteiger partial charge in [0.25, 0.3) is 0 Å². The van der Waals surface area contributed by atoms with E-state index in [-0.39, 0.29) is 5.75 Å². The zero-order valence-electron chi connectivity index (χ0n) is 14.9. The van der Waals surface area contributed by atoms with E-state index in [1.807, 2.05) is 35.3 Å². The van der Waals surface area contributed by atoms with Gasteiger partial charge < -0.3 is 9.14 Å². The maximum atomic E-state index is 12.7. The number of benzene rings is 1. The van der Waals surface area contributed by atoms with Crippen molar-refractivity contribution >= 4 is 23.0 Å². The van der Waals surface area contributed by atoms with Gasteiger partial charge in [-0.1, -0.05) is 24.3 Å². The highest BCUT2D eigenvalue weighted by Gasteiger charge is 2.16. The first kappa shape index (κ1) is 18.0. The molecule has 0 aliphatic carbocycles. The third kappa shape index (κ3) is 3.83. The van der Waals surface area contributed by atoms with Gasteiger partial charge in [-0.3, -0.25) is 4.98 Å². The number of hydrogen-bond donors (Lipinski definition) is 0. The van der Waals surface area contributed by atoms with Crippen LogP contribution in [-0.2, 0) is 6.42 Å². The Morgan fingerprint density at radius 3 is 2.93 bits per heavy atom. The minimum Gasteiger partial charge on any atom is -0.435 e. The van der Waals surface area contributed by atoms with E-state index in [2.05, 4.69) is 20.8 Å². The van der Waals surface area contributed by atoms with Gasteiger partial charge >= 0.3 is 6.61 Å². The second kappa shape index (κ2) is 7.68. The first-order valence-corrected chi connectivity index (χ1v) is 9.91. The number of nitrogens with zero attached hydrogens (tertiary/aromatic N) is 3. The van der Waals surface area contributed by atoms with Gasteiger partial charge in [-0.05, 0) is 30.7 Å². The number of allylic oxidation sites excluding steroid dienone is 1. The minimum atomic E-state index is -2.85. The highest BCUT2D eigenvalue weighted by atomic mass is 32.2. The van der Waals surface area contributed by atoms with Gasteiger partial charge in [0.15, 0.2) is 5.65 Å². The molecule has 0 amide bonds. The number of alkyl halides is 2. The van der Waals surface area contributed by atoms with E-state index in [4.69, 9.17) is 0 Å². The molecule has 27 heavy (non-hydrogen) atoms. The number of para-hydroxylation sites is 1. The van der Waals surface area contributed by atoms with Crippen molar-refractivity contribution in [2.45, 2.75) is 26.4 Å². The smallest absolute Gasteiger partial charge is 0.387 e. The van der Waals surface area contributed by atoms with Crippen molar-refractivity contribution in [2.24, 2.45) is 0 Å². The largest absolute Gasteiger partial charge is 0.435 e. The number of aromatic nitrogens is 3. The van der Waals surface area contributed by atoms with Crippen LogP contribution in [0.5, 0.6) is 5.75 Å². The fourth-order valence-corrected chi connectivity index (χ4v) is 4.15. The van der Waals surface area contributed by atoms with Crippen LogP contribution >= 0.6 is 11.8 Å². The van der Waals surface area contributed by atoms with E-state index in [0.29, 0.717) is 12.0 Å². The van der Waals surface area contributed by atoms with Crippen molar-refractivity contribution in [3.05, 3.63) is 65.4 Å². The van der Waals surface area contributed by atoms with Crippen LogP contribution in [-0.4, -0.2) is 32.5 Å². The molecule has 0 bridgehead atoms. The van der Waals surface area contributed by atoms with E-state index in [9.17, 15) is 8.78 Å². The standard InChI is InChI=1S/C20H19F2N3OS/c1-13-17(10-15-4-2-3-5-18(15)26-20(21)22)25-12-16(23-11-19(25)24-13)14-6-8-27-9-7-14/h2-6,11-12,20H,7-10H2,1H3. The normalized spacial score (nSPS) is 14.6. The summed E-state index contributed by atoms with van der Waals surface area (Å²) >= 11 is 1.91. The monoisotopic (exact) mass is 387 g/mol.